The Morgan fingerprint density at radius 2 is 2.00 bits per heavy atom. The average Bonchev–Trinajstić information content (AvgIpc) is 2.57. The van der Waals surface area contributed by atoms with Crippen LogP contribution in [0.3, 0.4) is 0 Å². The maximum Gasteiger partial charge on any atom is 0.221 e. The molecule has 0 spiro atoms. The van der Waals surface area contributed by atoms with E-state index in [-0.39, 0.29) is 5.91 Å². The Morgan fingerprint density at radius 1 is 1.30 bits per heavy atom. The molecule has 1 aliphatic rings. The molecule has 23 heavy (non-hydrogen) atoms. The Balaban J connectivity index is 1.61. The summed E-state index contributed by atoms with van der Waals surface area (Å²) < 4.78 is 5.14. The first-order valence-corrected chi connectivity index (χ1v) is 9.48. The molecule has 0 aromatic heterocycles. The third kappa shape index (κ3) is 6.43. The van der Waals surface area contributed by atoms with Crippen molar-refractivity contribution in [1.82, 2.24) is 10.2 Å². The van der Waals surface area contributed by atoms with Gasteiger partial charge in [-0.3, -0.25) is 4.79 Å². The fraction of sp³-hybridized carbons (Fsp3) is 0.611. The molecule has 1 fully saturated rings. The van der Waals surface area contributed by atoms with Crippen molar-refractivity contribution in [3.8, 4) is 5.75 Å². The quantitative estimate of drug-likeness (QED) is 0.741. The van der Waals surface area contributed by atoms with E-state index in [0.717, 1.165) is 37.4 Å². The standard InChI is InChI=1S/C18H28N2O2S/c1-3-11-20-12-8-15(9-13-20)19-18(21)10-14-23-17-6-4-16(22-2)5-7-17/h4-7,15H,3,8-14H2,1-2H3,(H,19,21). The number of methoxy groups -OCH3 is 1. The zero-order chi connectivity index (χ0) is 16.5. The topological polar surface area (TPSA) is 41.6 Å². The van der Waals surface area contributed by atoms with Gasteiger partial charge < -0.3 is 15.0 Å². The van der Waals surface area contributed by atoms with E-state index in [1.807, 2.05) is 24.3 Å². The van der Waals surface area contributed by atoms with E-state index < -0.39 is 0 Å². The lowest BCUT2D eigenvalue weighted by molar-refractivity contribution is -0.121. The van der Waals surface area contributed by atoms with Crippen molar-refractivity contribution in [2.24, 2.45) is 0 Å². The molecule has 0 radical (unpaired) electrons. The van der Waals surface area contributed by atoms with Crippen LogP contribution in [0.4, 0.5) is 0 Å². The van der Waals surface area contributed by atoms with Crippen molar-refractivity contribution in [3.05, 3.63) is 24.3 Å². The Kier molecular flexibility index (Phi) is 7.76. The number of nitrogens with one attached hydrogen (secondary N) is 1. The number of amides is 1. The molecule has 0 bridgehead atoms. The van der Waals surface area contributed by atoms with Crippen molar-refractivity contribution in [3.63, 3.8) is 0 Å². The van der Waals surface area contributed by atoms with Gasteiger partial charge >= 0.3 is 0 Å². The molecular weight excluding hydrogens is 308 g/mol. The molecule has 0 saturated carbocycles. The van der Waals surface area contributed by atoms with E-state index in [4.69, 9.17) is 4.74 Å². The molecule has 2 rings (SSSR count). The van der Waals surface area contributed by atoms with E-state index in [2.05, 4.69) is 17.1 Å². The maximum atomic E-state index is 12.1. The van der Waals surface area contributed by atoms with Crippen LogP contribution in [0, 0.1) is 0 Å². The number of carbonyl (C=O) groups excluding carboxylic acids is 1. The number of hydrogen-bond acceptors (Lipinski definition) is 4. The molecule has 4 nitrogen and oxygen atoms in total. The summed E-state index contributed by atoms with van der Waals surface area (Å²) >= 11 is 1.71. The largest absolute Gasteiger partial charge is 0.497 e. The van der Waals surface area contributed by atoms with Crippen LogP contribution in [0.2, 0.25) is 0 Å². The van der Waals surface area contributed by atoms with E-state index in [1.54, 1.807) is 18.9 Å². The molecule has 5 heteroatoms. The van der Waals surface area contributed by atoms with Crippen molar-refractivity contribution in [2.75, 3.05) is 32.5 Å². The summed E-state index contributed by atoms with van der Waals surface area (Å²) in [5, 5.41) is 3.19. The normalized spacial score (nSPS) is 16.3. The molecule has 0 atom stereocenters. The Morgan fingerprint density at radius 3 is 2.61 bits per heavy atom. The molecule has 1 aromatic carbocycles. The highest BCUT2D eigenvalue weighted by molar-refractivity contribution is 7.99. The van der Waals surface area contributed by atoms with Gasteiger partial charge in [-0.25, -0.2) is 0 Å². The summed E-state index contributed by atoms with van der Waals surface area (Å²) in [4.78, 5) is 15.7. The third-order valence-corrected chi connectivity index (χ3v) is 5.16. The van der Waals surface area contributed by atoms with E-state index in [9.17, 15) is 4.79 Å². The Hall–Kier alpha value is -1.20. The molecule has 0 unspecified atom stereocenters. The number of nitrogens with zero attached hydrogens (tertiary/aromatic N) is 1. The second-order valence-corrected chi connectivity index (χ2v) is 7.13. The summed E-state index contributed by atoms with van der Waals surface area (Å²) in [5.41, 5.74) is 0. The number of hydrogen-bond donors (Lipinski definition) is 1. The monoisotopic (exact) mass is 336 g/mol. The first-order chi connectivity index (χ1) is 11.2. The molecular formula is C18H28N2O2S. The van der Waals surface area contributed by atoms with Gasteiger partial charge in [0.2, 0.25) is 5.91 Å². The van der Waals surface area contributed by atoms with E-state index in [1.165, 1.54) is 17.9 Å². The van der Waals surface area contributed by atoms with E-state index in [0.29, 0.717) is 12.5 Å². The first-order valence-electron chi connectivity index (χ1n) is 8.50. The summed E-state index contributed by atoms with van der Waals surface area (Å²) in [5.74, 6) is 1.86. The highest BCUT2D eigenvalue weighted by Gasteiger charge is 2.19. The highest BCUT2D eigenvalue weighted by Crippen LogP contribution is 2.21. The van der Waals surface area contributed by atoms with Crippen LogP contribution >= 0.6 is 11.8 Å². The number of benzene rings is 1. The molecule has 128 valence electrons. The van der Waals surface area contributed by atoms with Crippen LogP contribution < -0.4 is 10.1 Å². The number of ether oxygens (including phenoxy) is 1. The average molecular weight is 337 g/mol. The number of piperidine rings is 1. The minimum atomic E-state index is 0.181. The molecule has 1 aliphatic heterocycles. The SMILES string of the molecule is CCCN1CCC(NC(=O)CCSc2ccc(OC)cc2)CC1. The minimum Gasteiger partial charge on any atom is -0.497 e. The van der Waals surface area contributed by atoms with Gasteiger partial charge in [0.1, 0.15) is 5.75 Å². The van der Waals surface area contributed by atoms with Gasteiger partial charge in [-0.1, -0.05) is 6.92 Å². The lowest BCUT2D eigenvalue weighted by Crippen LogP contribution is -2.44. The highest BCUT2D eigenvalue weighted by atomic mass is 32.2. The molecule has 1 N–H and O–H groups in total. The zero-order valence-electron chi connectivity index (χ0n) is 14.2. The van der Waals surface area contributed by atoms with Gasteiger partial charge in [0, 0.05) is 36.2 Å². The summed E-state index contributed by atoms with van der Waals surface area (Å²) in [6, 6.07) is 8.33. The van der Waals surface area contributed by atoms with Crippen LogP contribution in [0.15, 0.2) is 29.2 Å². The Labute approximate surface area is 144 Å². The smallest absolute Gasteiger partial charge is 0.221 e. The van der Waals surface area contributed by atoms with Crippen LogP contribution in [0.25, 0.3) is 0 Å². The van der Waals surface area contributed by atoms with Crippen LogP contribution in [-0.2, 0) is 4.79 Å². The van der Waals surface area contributed by atoms with Crippen LogP contribution in [0.5, 0.6) is 5.75 Å². The number of carbonyl (C=O) groups is 1. The minimum absolute atomic E-state index is 0.181. The number of rotatable bonds is 8. The number of likely N-dealkylation sites (tertiary alicyclic amines) is 1. The van der Waals surface area contributed by atoms with Crippen molar-refractivity contribution in [1.29, 1.82) is 0 Å². The second-order valence-electron chi connectivity index (χ2n) is 5.96. The van der Waals surface area contributed by atoms with Gasteiger partial charge in [0.05, 0.1) is 7.11 Å². The lowest BCUT2D eigenvalue weighted by Gasteiger charge is -2.32. The predicted octanol–water partition coefficient (Wildman–Crippen LogP) is 3.17. The van der Waals surface area contributed by atoms with Gasteiger partial charge in [0.25, 0.3) is 0 Å². The molecule has 1 saturated heterocycles. The van der Waals surface area contributed by atoms with Crippen molar-refractivity contribution < 1.29 is 9.53 Å². The van der Waals surface area contributed by atoms with Gasteiger partial charge in [-0.2, -0.15) is 0 Å². The summed E-state index contributed by atoms with van der Waals surface area (Å²) in [7, 11) is 1.67. The third-order valence-electron chi connectivity index (χ3n) is 4.15. The summed E-state index contributed by atoms with van der Waals surface area (Å²) in [6.07, 6.45) is 3.94. The van der Waals surface area contributed by atoms with Crippen LogP contribution in [-0.4, -0.2) is 49.3 Å². The molecule has 1 aromatic rings. The van der Waals surface area contributed by atoms with E-state index >= 15 is 0 Å². The van der Waals surface area contributed by atoms with Gasteiger partial charge in [-0.15, -0.1) is 11.8 Å². The second kappa shape index (κ2) is 9.83. The Bertz CT molecular complexity index is 470. The molecule has 1 amide bonds. The first kappa shape index (κ1) is 18.1. The lowest BCUT2D eigenvalue weighted by atomic mass is 10.0. The van der Waals surface area contributed by atoms with Crippen LogP contribution in [0.1, 0.15) is 32.6 Å². The van der Waals surface area contributed by atoms with Gasteiger partial charge in [-0.05, 0) is 50.1 Å². The fourth-order valence-electron chi connectivity index (χ4n) is 2.85. The number of thioether (sulfide) groups is 1. The summed E-state index contributed by atoms with van der Waals surface area (Å²) in [6.45, 7) is 5.62. The van der Waals surface area contributed by atoms with Crippen molar-refractivity contribution >= 4 is 17.7 Å². The fourth-order valence-corrected chi connectivity index (χ4v) is 3.70. The molecule has 0 aliphatic carbocycles. The van der Waals surface area contributed by atoms with Crippen molar-refractivity contribution in [2.45, 2.75) is 43.5 Å². The van der Waals surface area contributed by atoms with Gasteiger partial charge in [0.15, 0.2) is 0 Å². The zero-order valence-corrected chi connectivity index (χ0v) is 15.0. The molecule has 1 heterocycles. The predicted molar refractivity (Wildman–Crippen MR) is 96.2 cm³/mol. The maximum absolute atomic E-state index is 12.1.